The normalized spacial score (nSPS) is 10.2. The molecule has 0 aliphatic carbocycles. The van der Waals surface area contributed by atoms with E-state index in [1.165, 1.54) is 18.7 Å². The molecule has 0 unspecified atom stereocenters. The molecule has 2 rings (SSSR count). The minimum absolute atomic E-state index is 0.0427. The van der Waals surface area contributed by atoms with Crippen molar-refractivity contribution in [2.75, 3.05) is 0 Å². The molecule has 2 heterocycles. The maximum atomic E-state index is 12.0. The Hall–Kier alpha value is -1.85. The maximum Gasteiger partial charge on any atom is 0.258 e. The van der Waals surface area contributed by atoms with Crippen LogP contribution in [-0.4, -0.2) is 20.1 Å². The van der Waals surface area contributed by atoms with Crippen molar-refractivity contribution in [3.63, 3.8) is 0 Å². The van der Waals surface area contributed by atoms with Crippen LogP contribution in [0.1, 0.15) is 5.89 Å². The van der Waals surface area contributed by atoms with Crippen LogP contribution in [0.2, 0.25) is 0 Å². The van der Waals surface area contributed by atoms with Gasteiger partial charge in [0.25, 0.3) is 5.89 Å². The van der Waals surface area contributed by atoms with E-state index in [0.717, 1.165) is 0 Å². The lowest BCUT2D eigenvalue weighted by molar-refractivity contribution is 0.323. The molecule has 13 heavy (non-hydrogen) atoms. The van der Waals surface area contributed by atoms with E-state index in [1.54, 1.807) is 0 Å². The van der Waals surface area contributed by atoms with Gasteiger partial charge in [0.2, 0.25) is 5.82 Å². The van der Waals surface area contributed by atoms with E-state index < -0.39 is 6.67 Å². The zero-order valence-corrected chi connectivity index (χ0v) is 6.51. The molecule has 0 aromatic carbocycles. The zero-order valence-electron chi connectivity index (χ0n) is 6.51. The Bertz CT molecular complexity index is 388. The van der Waals surface area contributed by atoms with E-state index in [9.17, 15) is 4.39 Å². The Morgan fingerprint density at radius 3 is 2.69 bits per heavy atom. The van der Waals surface area contributed by atoms with E-state index in [1.807, 2.05) is 0 Å². The molecule has 2 aromatic heterocycles. The Morgan fingerprint density at radius 2 is 2.08 bits per heavy atom. The predicted molar refractivity (Wildman–Crippen MR) is 40.1 cm³/mol. The monoisotopic (exact) mass is 180 g/mol. The number of nitrogens with zero attached hydrogens (tertiary/aromatic N) is 4. The third kappa shape index (κ3) is 1.51. The summed E-state index contributed by atoms with van der Waals surface area (Å²) < 4.78 is 16.6. The third-order valence-corrected chi connectivity index (χ3v) is 1.40. The molecular weight excluding hydrogens is 175 g/mol. The van der Waals surface area contributed by atoms with E-state index >= 15 is 0 Å². The Kier molecular flexibility index (Phi) is 1.95. The van der Waals surface area contributed by atoms with Gasteiger partial charge in [0.05, 0.1) is 5.56 Å². The van der Waals surface area contributed by atoms with E-state index in [-0.39, 0.29) is 5.89 Å². The van der Waals surface area contributed by atoms with Crippen molar-refractivity contribution in [1.82, 2.24) is 20.1 Å². The summed E-state index contributed by atoms with van der Waals surface area (Å²) in [7, 11) is 0. The molecule has 0 spiro atoms. The van der Waals surface area contributed by atoms with Crippen LogP contribution >= 0.6 is 0 Å². The summed E-state index contributed by atoms with van der Waals surface area (Å²) in [4.78, 5) is 11.3. The standard InChI is InChI=1S/C7H5FN4O/c8-1-6-11-7(12-13-6)5-2-9-4-10-3-5/h2-4H,1H2. The molecule has 0 fully saturated rings. The van der Waals surface area contributed by atoms with Crippen LogP contribution in [0.15, 0.2) is 23.2 Å². The van der Waals surface area contributed by atoms with Gasteiger partial charge in [-0.2, -0.15) is 4.98 Å². The van der Waals surface area contributed by atoms with E-state index in [2.05, 4.69) is 24.6 Å². The fourth-order valence-corrected chi connectivity index (χ4v) is 0.841. The first-order valence-corrected chi connectivity index (χ1v) is 3.54. The number of halogens is 1. The van der Waals surface area contributed by atoms with Crippen LogP contribution in [0.5, 0.6) is 0 Å². The summed E-state index contributed by atoms with van der Waals surface area (Å²) in [5, 5.41) is 3.55. The smallest absolute Gasteiger partial charge is 0.258 e. The molecule has 2 aromatic rings. The number of rotatable bonds is 2. The fraction of sp³-hybridized carbons (Fsp3) is 0.143. The third-order valence-electron chi connectivity index (χ3n) is 1.40. The average molecular weight is 180 g/mol. The summed E-state index contributed by atoms with van der Waals surface area (Å²) in [6.45, 7) is -0.763. The Morgan fingerprint density at radius 1 is 1.31 bits per heavy atom. The SMILES string of the molecule is FCc1nc(-c2cncnc2)no1. The van der Waals surface area contributed by atoms with Gasteiger partial charge in [-0.3, -0.25) is 0 Å². The molecule has 0 N–H and O–H groups in total. The highest BCUT2D eigenvalue weighted by Gasteiger charge is 2.07. The number of aromatic nitrogens is 4. The quantitative estimate of drug-likeness (QED) is 0.689. The second kappa shape index (κ2) is 3.26. The predicted octanol–water partition coefficient (Wildman–Crippen LogP) is 0.996. The number of hydrogen-bond donors (Lipinski definition) is 0. The van der Waals surface area contributed by atoms with Crippen molar-refractivity contribution in [1.29, 1.82) is 0 Å². The van der Waals surface area contributed by atoms with Crippen molar-refractivity contribution in [2.24, 2.45) is 0 Å². The number of alkyl halides is 1. The molecule has 0 aliphatic rings. The topological polar surface area (TPSA) is 64.7 Å². The molecule has 6 heteroatoms. The van der Waals surface area contributed by atoms with E-state index in [4.69, 9.17) is 0 Å². The first-order valence-electron chi connectivity index (χ1n) is 3.54. The molecule has 0 bridgehead atoms. The summed E-state index contributed by atoms with van der Waals surface area (Å²) >= 11 is 0. The van der Waals surface area contributed by atoms with Crippen molar-refractivity contribution in [2.45, 2.75) is 6.67 Å². The number of hydrogen-bond acceptors (Lipinski definition) is 5. The Balaban J connectivity index is 2.36. The average Bonchev–Trinajstić information content (AvgIpc) is 2.67. The van der Waals surface area contributed by atoms with Gasteiger partial charge in [-0.25, -0.2) is 14.4 Å². The highest BCUT2D eigenvalue weighted by molar-refractivity contribution is 5.50. The van der Waals surface area contributed by atoms with Gasteiger partial charge in [0, 0.05) is 12.4 Å². The van der Waals surface area contributed by atoms with Crippen LogP contribution in [-0.2, 0) is 6.67 Å². The van der Waals surface area contributed by atoms with Gasteiger partial charge in [-0.1, -0.05) is 5.16 Å². The lowest BCUT2D eigenvalue weighted by Gasteiger charge is -1.88. The second-order valence-corrected chi connectivity index (χ2v) is 2.27. The van der Waals surface area contributed by atoms with Crippen LogP contribution < -0.4 is 0 Å². The largest absolute Gasteiger partial charge is 0.336 e. The summed E-state index contributed by atoms with van der Waals surface area (Å²) in [5.41, 5.74) is 0.603. The van der Waals surface area contributed by atoms with Gasteiger partial charge in [0.1, 0.15) is 6.33 Å². The molecule has 66 valence electrons. The molecule has 0 saturated carbocycles. The van der Waals surface area contributed by atoms with Gasteiger partial charge in [-0.15, -0.1) is 0 Å². The Labute approximate surface area is 72.6 Å². The van der Waals surface area contributed by atoms with E-state index in [0.29, 0.717) is 11.4 Å². The van der Waals surface area contributed by atoms with Gasteiger partial charge >= 0.3 is 0 Å². The van der Waals surface area contributed by atoms with Crippen LogP contribution in [0.25, 0.3) is 11.4 Å². The van der Waals surface area contributed by atoms with Gasteiger partial charge in [0.15, 0.2) is 6.67 Å². The first-order chi connectivity index (χ1) is 6.40. The van der Waals surface area contributed by atoms with Crippen LogP contribution in [0.3, 0.4) is 0 Å². The van der Waals surface area contributed by atoms with Gasteiger partial charge < -0.3 is 4.52 Å². The van der Waals surface area contributed by atoms with Crippen molar-refractivity contribution < 1.29 is 8.91 Å². The molecule has 0 amide bonds. The summed E-state index contributed by atoms with van der Waals surface area (Å²) in [6.07, 6.45) is 4.44. The lowest BCUT2D eigenvalue weighted by atomic mass is 10.3. The second-order valence-electron chi connectivity index (χ2n) is 2.27. The first kappa shape index (κ1) is 7.78. The summed E-state index contributed by atoms with van der Waals surface area (Å²) in [5.74, 6) is 0.257. The van der Waals surface area contributed by atoms with Crippen LogP contribution in [0.4, 0.5) is 4.39 Å². The molecule has 0 saturated heterocycles. The van der Waals surface area contributed by atoms with Gasteiger partial charge in [-0.05, 0) is 0 Å². The zero-order chi connectivity index (χ0) is 9.10. The molecule has 0 aliphatic heterocycles. The van der Waals surface area contributed by atoms with Crippen LogP contribution in [0, 0.1) is 0 Å². The highest BCUT2D eigenvalue weighted by atomic mass is 19.1. The van der Waals surface area contributed by atoms with Crippen molar-refractivity contribution >= 4 is 0 Å². The van der Waals surface area contributed by atoms with Crippen molar-refractivity contribution in [3.05, 3.63) is 24.6 Å². The fourth-order valence-electron chi connectivity index (χ4n) is 0.841. The minimum atomic E-state index is -0.763. The molecule has 0 atom stereocenters. The van der Waals surface area contributed by atoms with Crippen molar-refractivity contribution in [3.8, 4) is 11.4 Å². The minimum Gasteiger partial charge on any atom is -0.336 e. The molecule has 5 nitrogen and oxygen atoms in total. The molecule has 0 radical (unpaired) electrons. The molecular formula is C7H5FN4O. The maximum absolute atomic E-state index is 12.0. The lowest BCUT2D eigenvalue weighted by Crippen LogP contribution is -1.84. The highest BCUT2D eigenvalue weighted by Crippen LogP contribution is 2.12. The summed E-state index contributed by atoms with van der Waals surface area (Å²) in [6, 6.07) is 0.